The molecular formula is C19H25N3O4S. The number of hydrogen-bond acceptors (Lipinski definition) is 5. The van der Waals surface area contributed by atoms with Crippen LogP contribution in [-0.2, 0) is 4.79 Å². The van der Waals surface area contributed by atoms with E-state index in [9.17, 15) is 9.59 Å². The lowest BCUT2D eigenvalue weighted by Crippen LogP contribution is -2.38. The summed E-state index contributed by atoms with van der Waals surface area (Å²) in [5.41, 5.74) is 0.379. The van der Waals surface area contributed by atoms with Crippen LogP contribution in [0.25, 0.3) is 0 Å². The molecule has 7 nitrogen and oxygen atoms in total. The summed E-state index contributed by atoms with van der Waals surface area (Å²) in [6.07, 6.45) is 1.83. The summed E-state index contributed by atoms with van der Waals surface area (Å²) in [4.78, 5) is 30.6. The lowest BCUT2D eigenvalue weighted by Gasteiger charge is -2.15. The molecule has 1 aromatic heterocycles. The van der Waals surface area contributed by atoms with Crippen molar-refractivity contribution in [3.8, 4) is 11.5 Å². The Morgan fingerprint density at radius 2 is 1.81 bits per heavy atom. The number of amides is 2. The monoisotopic (exact) mass is 391 g/mol. The maximum absolute atomic E-state index is 12.6. The summed E-state index contributed by atoms with van der Waals surface area (Å²) in [7, 11) is 3.04. The Morgan fingerprint density at radius 1 is 1.15 bits per heavy atom. The zero-order chi connectivity index (χ0) is 20.1. The van der Waals surface area contributed by atoms with Crippen molar-refractivity contribution in [2.45, 2.75) is 39.8 Å². The third-order valence-electron chi connectivity index (χ3n) is 3.85. The van der Waals surface area contributed by atoms with Gasteiger partial charge in [-0.2, -0.15) is 4.99 Å². The first-order valence-corrected chi connectivity index (χ1v) is 9.38. The van der Waals surface area contributed by atoms with Gasteiger partial charge in [0.1, 0.15) is 6.04 Å². The molecule has 8 heteroatoms. The molecule has 0 aliphatic heterocycles. The summed E-state index contributed by atoms with van der Waals surface area (Å²) in [5, 5.41) is 2.88. The number of aromatic nitrogens is 1. The van der Waals surface area contributed by atoms with Gasteiger partial charge in [-0.05, 0) is 45.9 Å². The Bertz CT molecular complexity index is 899. The van der Waals surface area contributed by atoms with Crippen LogP contribution >= 0.6 is 11.3 Å². The fourth-order valence-electron chi connectivity index (χ4n) is 2.48. The van der Waals surface area contributed by atoms with Crippen molar-refractivity contribution in [3.63, 3.8) is 0 Å². The van der Waals surface area contributed by atoms with Gasteiger partial charge in [0.25, 0.3) is 5.91 Å². The molecule has 146 valence electrons. The van der Waals surface area contributed by atoms with Crippen LogP contribution in [0.4, 0.5) is 0 Å². The van der Waals surface area contributed by atoms with Crippen LogP contribution in [0.1, 0.15) is 42.0 Å². The van der Waals surface area contributed by atoms with Gasteiger partial charge in [0.2, 0.25) is 5.91 Å². The van der Waals surface area contributed by atoms with Gasteiger partial charge in [0.05, 0.1) is 14.2 Å². The Kier molecular flexibility index (Phi) is 6.79. The van der Waals surface area contributed by atoms with Gasteiger partial charge in [-0.3, -0.25) is 9.59 Å². The van der Waals surface area contributed by atoms with Crippen LogP contribution in [0.15, 0.2) is 29.4 Å². The third kappa shape index (κ3) is 4.97. The first-order valence-electron chi connectivity index (χ1n) is 8.56. The van der Waals surface area contributed by atoms with E-state index in [2.05, 4.69) is 10.3 Å². The van der Waals surface area contributed by atoms with Gasteiger partial charge in [0, 0.05) is 22.7 Å². The smallest absolute Gasteiger partial charge is 0.279 e. The predicted molar refractivity (Wildman–Crippen MR) is 104 cm³/mol. The van der Waals surface area contributed by atoms with E-state index in [1.807, 2.05) is 27.0 Å². The van der Waals surface area contributed by atoms with Gasteiger partial charge in [-0.15, -0.1) is 11.3 Å². The molecule has 0 aliphatic rings. The lowest BCUT2D eigenvalue weighted by molar-refractivity contribution is -0.124. The highest BCUT2D eigenvalue weighted by Gasteiger charge is 2.18. The van der Waals surface area contributed by atoms with Gasteiger partial charge >= 0.3 is 0 Å². The average Bonchev–Trinajstić information content (AvgIpc) is 2.99. The number of ether oxygens (including phenoxy) is 2. The van der Waals surface area contributed by atoms with Crippen molar-refractivity contribution in [1.29, 1.82) is 0 Å². The molecule has 2 rings (SSSR count). The summed E-state index contributed by atoms with van der Waals surface area (Å²) < 4.78 is 12.1. The fraction of sp³-hybridized carbons (Fsp3) is 0.421. The molecule has 1 unspecified atom stereocenters. The SMILES string of the molecule is COc1ccc(C(=O)N=c2sc(C)cn2C(C)C(=O)NC(C)C)cc1OC. The molecular weight excluding hydrogens is 366 g/mol. The minimum absolute atomic E-state index is 0.0362. The largest absolute Gasteiger partial charge is 0.493 e. The maximum Gasteiger partial charge on any atom is 0.279 e. The molecule has 0 saturated carbocycles. The van der Waals surface area contributed by atoms with Gasteiger partial charge in [0.15, 0.2) is 16.3 Å². The van der Waals surface area contributed by atoms with Gasteiger partial charge < -0.3 is 19.4 Å². The van der Waals surface area contributed by atoms with Crippen molar-refractivity contribution in [3.05, 3.63) is 39.6 Å². The van der Waals surface area contributed by atoms with Gasteiger partial charge in [-0.25, -0.2) is 0 Å². The Morgan fingerprint density at radius 3 is 2.41 bits per heavy atom. The molecule has 0 aliphatic carbocycles. The van der Waals surface area contributed by atoms with Crippen LogP contribution in [-0.4, -0.2) is 36.6 Å². The molecule has 0 bridgehead atoms. The molecule has 1 atom stereocenters. The highest BCUT2D eigenvalue weighted by atomic mass is 32.1. The molecule has 2 aromatic rings. The highest BCUT2D eigenvalue weighted by Crippen LogP contribution is 2.27. The standard InChI is InChI=1S/C19H25N3O4S/c1-11(2)20-17(23)13(4)22-10-12(3)27-19(22)21-18(24)14-7-8-15(25-5)16(9-14)26-6/h7-11,13H,1-6H3,(H,20,23). The second-order valence-electron chi connectivity index (χ2n) is 6.36. The number of rotatable bonds is 6. The fourth-order valence-corrected chi connectivity index (χ4v) is 3.38. The number of aryl methyl sites for hydroxylation is 1. The van der Waals surface area contributed by atoms with Crippen molar-refractivity contribution in [2.24, 2.45) is 4.99 Å². The highest BCUT2D eigenvalue weighted by molar-refractivity contribution is 7.09. The zero-order valence-corrected chi connectivity index (χ0v) is 17.2. The first-order chi connectivity index (χ1) is 12.8. The maximum atomic E-state index is 12.6. The molecule has 1 heterocycles. The number of hydrogen-bond donors (Lipinski definition) is 1. The van der Waals surface area contributed by atoms with Crippen LogP contribution in [0.3, 0.4) is 0 Å². The summed E-state index contributed by atoms with van der Waals surface area (Å²) in [5.74, 6) is 0.458. The molecule has 0 fully saturated rings. The number of carbonyl (C=O) groups is 2. The second kappa shape index (κ2) is 8.85. The lowest BCUT2D eigenvalue weighted by atomic mass is 10.2. The Balaban J connectivity index is 2.39. The van der Waals surface area contributed by atoms with Crippen LogP contribution < -0.4 is 19.6 Å². The van der Waals surface area contributed by atoms with E-state index in [4.69, 9.17) is 9.47 Å². The number of benzene rings is 1. The average molecular weight is 391 g/mol. The van der Waals surface area contributed by atoms with Crippen molar-refractivity contribution >= 4 is 23.2 Å². The van der Waals surface area contributed by atoms with Gasteiger partial charge in [-0.1, -0.05) is 0 Å². The first kappa shape index (κ1) is 20.7. The van der Waals surface area contributed by atoms with Crippen molar-refractivity contribution in [2.75, 3.05) is 14.2 Å². The summed E-state index contributed by atoms with van der Waals surface area (Å²) in [6.45, 7) is 7.50. The van der Waals surface area contributed by atoms with Crippen LogP contribution in [0.5, 0.6) is 11.5 Å². The molecule has 0 saturated heterocycles. The van der Waals surface area contributed by atoms with E-state index >= 15 is 0 Å². The zero-order valence-electron chi connectivity index (χ0n) is 16.4. The minimum atomic E-state index is -0.477. The number of methoxy groups -OCH3 is 2. The van der Waals surface area contributed by atoms with E-state index in [1.165, 1.54) is 25.6 Å². The summed E-state index contributed by atoms with van der Waals surface area (Å²) >= 11 is 1.36. The number of nitrogens with one attached hydrogen (secondary N) is 1. The normalized spacial score (nSPS) is 12.8. The van der Waals surface area contributed by atoms with E-state index in [0.717, 1.165) is 4.88 Å². The third-order valence-corrected chi connectivity index (χ3v) is 4.76. The molecule has 2 amide bonds. The van der Waals surface area contributed by atoms with Crippen molar-refractivity contribution in [1.82, 2.24) is 9.88 Å². The molecule has 27 heavy (non-hydrogen) atoms. The molecule has 1 N–H and O–H groups in total. The second-order valence-corrected chi connectivity index (χ2v) is 7.57. The quantitative estimate of drug-likeness (QED) is 0.821. The topological polar surface area (TPSA) is 81.9 Å². The molecule has 0 radical (unpaired) electrons. The van der Waals surface area contributed by atoms with E-state index in [0.29, 0.717) is 21.9 Å². The molecule has 0 spiro atoms. The number of nitrogens with zero attached hydrogens (tertiary/aromatic N) is 2. The molecule has 1 aromatic carbocycles. The van der Waals surface area contributed by atoms with E-state index < -0.39 is 11.9 Å². The Hall–Kier alpha value is -2.61. The number of carbonyl (C=O) groups excluding carboxylic acids is 2. The Labute approximate surface area is 162 Å². The summed E-state index contributed by atoms with van der Waals surface area (Å²) in [6, 6.07) is 4.44. The van der Waals surface area contributed by atoms with Crippen molar-refractivity contribution < 1.29 is 19.1 Å². The predicted octanol–water partition coefficient (Wildman–Crippen LogP) is 2.70. The number of thiazole rings is 1. The van der Waals surface area contributed by atoms with E-state index in [-0.39, 0.29) is 11.9 Å². The van der Waals surface area contributed by atoms with Crippen LogP contribution in [0, 0.1) is 6.92 Å². The minimum Gasteiger partial charge on any atom is -0.493 e. The van der Waals surface area contributed by atoms with Crippen LogP contribution in [0.2, 0.25) is 0 Å². The van der Waals surface area contributed by atoms with E-state index in [1.54, 1.807) is 29.7 Å².